The lowest BCUT2D eigenvalue weighted by atomic mass is 9.90. The van der Waals surface area contributed by atoms with Gasteiger partial charge in [0, 0.05) is 5.88 Å². The fourth-order valence-electron chi connectivity index (χ4n) is 2.91. The van der Waals surface area contributed by atoms with E-state index in [4.69, 9.17) is 16.3 Å². The Labute approximate surface area is 65.7 Å². The maximum Gasteiger partial charge on any atom is 0.0876 e. The Morgan fingerprint density at radius 1 is 1.30 bits per heavy atom. The molecule has 1 heterocycles. The van der Waals surface area contributed by atoms with Crippen LogP contribution in [0.1, 0.15) is 12.8 Å². The van der Waals surface area contributed by atoms with Crippen LogP contribution in [0.15, 0.2) is 0 Å². The minimum atomic E-state index is 0.641. The molecule has 0 amide bonds. The van der Waals surface area contributed by atoms with Crippen molar-refractivity contribution in [3.05, 3.63) is 0 Å². The zero-order chi connectivity index (χ0) is 6.72. The zero-order valence-corrected chi connectivity index (χ0v) is 6.55. The standard InChI is InChI=1S/C8H11ClO/c9-3-5-1-4-2-6(5)8-7(4)10-8/h4-8H,1-3H2/t4-,5-,6+,7+,8-/m0/s1. The number of epoxide rings is 1. The molecule has 2 aliphatic carbocycles. The normalized spacial score (nSPS) is 62.7. The second kappa shape index (κ2) is 1.70. The molecule has 1 saturated heterocycles. The molecule has 0 aromatic heterocycles. The predicted octanol–water partition coefficient (Wildman–Crippen LogP) is 1.65. The summed E-state index contributed by atoms with van der Waals surface area (Å²) in [6.07, 6.45) is 4.06. The first-order valence-corrected chi connectivity index (χ1v) is 4.65. The van der Waals surface area contributed by atoms with Gasteiger partial charge in [0.2, 0.25) is 0 Å². The van der Waals surface area contributed by atoms with Crippen LogP contribution in [0, 0.1) is 17.8 Å². The molecule has 2 heteroatoms. The molecule has 2 saturated carbocycles. The first kappa shape index (κ1) is 5.84. The molecule has 0 aromatic carbocycles. The van der Waals surface area contributed by atoms with E-state index in [-0.39, 0.29) is 0 Å². The lowest BCUT2D eigenvalue weighted by molar-refractivity contribution is 0.255. The first-order valence-electron chi connectivity index (χ1n) is 4.11. The van der Waals surface area contributed by atoms with E-state index in [0.29, 0.717) is 12.2 Å². The number of hydrogen-bond acceptors (Lipinski definition) is 1. The minimum absolute atomic E-state index is 0.641. The number of ether oxygens (including phenoxy) is 1. The summed E-state index contributed by atoms with van der Waals surface area (Å²) in [6.45, 7) is 0. The highest BCUT2D eigenvalue weighted by atomic mass is 35.5. The highest BCUT2D eigenvalue weighted by molar-refractivity contribution is 6.18. The van der Waals surface area contributed by atoms with Gasteiger partial charge in [0.05, 0.1) is 12.2 Å². The second-order valence-electron chi connectivity index (χ2n) is 3.88. The summed E-state index contributed by atoms with van der Waals surface area (Å²) in [5.74, 6) is 3.37. The third kappa shape index (κ3) is 0.543. The van der Waals surface area contributed by atoms with Gasteiger partial charge >= 0.3 is 0 Å². The van der Waals surface area contributed by atoms with E-state index < -0.39 is 0 Å². The van der Waals surface area contributed by atoms with Crippen molar-refractivity contribution < 1.29 is 4.74 Å². The molecule has 3 aliphatic rings. The fourth-order valence-corrected chi connectivity index (χ4v) is 3.26. The van der Waals surface area contributed by atoms with Gasteiger partial charge in [0.15, 0.2) is 0 Å². The fraction of sp³-hybridized carbons (Fsp3) is 1.00. The van der Waals surface area contributed by atoms with Crippen LogP contribution in [0.5, 0.6) is 0 Å². The van der Waals surface area contributed by atoms with Crippen molar-refractivity contribution in [2.24, 2.45) is 17.8 Å². The summed E-state index contributed by atoms with van der Waals surface area (Å²) in [5.41, 5.74) is 0. The van der Waals surface area contributed by atoms with Crippen molar-refractivity contribution in [3.8, 4) is 0 Å². The van der Waals surface area contributed by atoms with Crippen LogP contribution in [0.4, 0.5) is 0 Å². The van der Waals surface area contributed by atoms with Crippen molar-refractivity contribution in [1.29, 1.82) is 0 Å². The molecule has 2 bridgehead atoms. The van der Waals surface area contributed by atoms with Crippen molar-refractivity contribution >= 4 is 11.6 Å². The second-order valence-corrected chi connectivity index (χ2v) is 4.18. The Balaban J connectivity index is 1.85. The molecule has 3 fully saturated rings. The van der Waals surface area contributed by atoms with Gasteiger partial charge < -0.3 is 4.74 Å². The zero-order valence-electron chi connectivity index (χ0n) is 5.79. The van der Waals surface area contributed by atoms with Gasteiger partial charge in [-0.05, 0) is 30.6 Å². The van der Waals surface area contributed by atoms with E-state index in [1.165, 1.54) is 12.8 Å². The molecule has 56 valence electrons. The van der Waals surface area contributed by atoms with Crippen molar-refractivity contribution in [1.82, 2.24) is 0 Å². The molecule has 0 N–H and O–H groups in total. The van der Waals surface area contributed by atoms with E-state index in [1.807, 2.05) is 0 Å². The van der Waals surface area contributed by atoms with E-state index in [1.54, 1.807) is 0 Å². The summed E-state index contributed by atoms with van der Waals surface area (Å²) in [7, 11) is 0. The molecule has 0 aromatic rings. The first-order chi connectivity index (χ1) is 4.90. The van der Waals surface area contributed by atoms with Crippen molar-refractivity contribution in [2.45, 2.75) is 25.0 Å². The molecule has 0 spiro atoms. The van der Waals surface area contributed by atoms with Crippen LogP contribution in [0.25, 0.3) is 0 Å². The van der Waals surface area contributed by atoms with E-state index in [0.717, 1.165) is 23.6 Å². The van der Waals surface area contributed by atoms with E-state index in [2.05, 4.69) is 0 Å². The molecule has 1 nitrogen and oxygen atoms in total. The average Bonchev–Trinajstić information content (AvgIpc) is 2.58. The van der Waals surface area contributed by atoms with E-state index >= 15 is 0 Å². The van der Waals surface area contributed by atoms with Gasteiger partial charge in [-0.25, -0.2) is 0 Å². The van der Waals surface area contributed by atoms with Gasteiger partial charge in [0.1, 0.15) is 0 Å². The van der Waals surface area contributed by atoms with E-state index in [9.17, 15) is 0 Å². The molecular weight excluding hydrogens is 148 g/mol. The van der Waals surface area contributed by atoms with Gasteiger partial charge in [-0.15, -0.1) is 11.6 Å². The third-order valence-electron chi connectivity index (χ3n) is 3.43. The smallest absolute Gasteiger partial charge is 0.0876 e. The lowest BCUT2D eigenvalue weighted by Gasteiger charge is -2.14. The van der Waals surface area contributed by atoms with Crippen LogP contribution in [-0.4, -0.2) is 18.1 Å². The van der Waals surface area contributed by atoms with Crippen molar-refractivity contribution in [3.63, 3.8) is 0 Å². The molecule has 10 heavy (non-hydrogen) atoms. The topological polar surface area (TPSA) is 12.5 Å². The van der Waals surface area contributed by atoms with Gasteiger partial charge in [-0.1, -0.05) is 0 Å². The molecule has 3 rings (SSSR count). The van der Waals surface area contributed by atoms with Gasteiger partial charge in [0.25, 0.3) is 0 Å². The van der Waals surface area contributed by atoms with Crippen LogP contribution < -0.4 is 0 Å². The Kier molecular flexibility index (Phi) is 0.993. The maximum atomic E-state index is 5.83. The van der Waals surface area contributed by atoms with Crippen LogP contribution in [0.2, 0.25) is 0 Å². The predicted molar refractivity (Wildman–Crippen MR) is 39.1 cm³/mol. The van der Waals surface area contributed by atoms with Crippen LogP contribution in [-0.2, 0) is 4.74 Å². The molecule has 1 aliphatic heterocycles. The highest BCUT2D eigenvalue weighted by Gasteiger charge is 2.62. The largest absolute Gasteiger partial charge is 0.369 e. The minimum Gasteiger partial charge on any atom is -0.369 e. The Hall–Kier alpha value is 0.250. The molecule has 0 unspecified atom stereocenters. The molecular formula is C8H11ClO. The van der Waals surface area contributed by atoms with Crippen molar-refractivity contribution in [2.75, 3.05) is 5.88 Å². The van der Waals surface area contributed by atoms with Gasteiger partial charge in [-0.2, -0.15) is 0 Å². The number of fused-ring (bicyclic) bond motifs is 5. The number of alkyl halides is 1. The Morgan fingerprint density at radius 2 is 2.20 bits per heavy atom. The van der Waals surface area contributed by atoms with Crippen LogP contribution in [0.3, 0.4) is 0 Å². The Morgan fingerprint density at radius 3 is 2.80 bits per heavy atom. The molecule has 0 radical (unpaired) electrons. The SMILES string of the molecule is ClC[C@@H]1C[C@H]2C[C@H]1[C@@H]1O[C@H]21. The monoisotopic (exact) mass is 158 g/mol. The van der Waals surface area contributed by atoms with Crippen LogP contribution >= 0.6 is 11.6 Å². The quantitative estimate of drug-likeness (QED) is 0.418. The highest BCUT2D eigenvalue weighted by Crippen LogP contribution is 2.58. The molecule has 5 atom stereocenters. The summed E-state index contributed by atoms with van der Waals surface area (Å²) in [5, 5.41) is 0. The number of halogens is 1. The lowest BCUT2D eigenvalue weighted by Crippen LogP contribution is -2.18. The third-order valence-corrected chi connectivity index (χ3v) is 3.83. The summed E-state index contributed by atoms with van der Waals surface area (Å²) >= 11 is 5.83. The summed E-state index contributed by atoms with van der Waals surface area (Å²) in [6, 6.07) is 0. The average molecular weight is 159 g/mol. The Bertz CT molecular complexity index is 171. The number of hydrogen-bond donors (Lipinski definition) is 0. The summed E-state index contributed by atoms with van der Waals surface area (Å²) in [4.78, 5) is 0. The van der Waals surface area contributed by atoms with Gasteiger partial charge in [-0.3, -0.25) is 0 Å². The maximum absolute atomic E-state index is 5.83. The summed E-state index contributed by atoms with van der Waals surface area (Å²) < 4.78 is 5.51. The number of rotatable bonds is 1.